The molecule has 0 unspecified atom stereocenters. The van der Waals surface area contributed by atoms with Crippen LogP contribution in [0.5, 0.6) is 0 Å². The number of H-pyrrole nitrogens is 1. The summed E-state index contributed by atoms with van der Waals surface area (Å²) in [7, 11) is 0. The van der Waals surface area contributed by atoms with Crippen LogP contribution in [0.1, 0.15) is 5.56 Å². The number of anilines is 3. The highest BCUT2D eigenvalue weighted by Crippen LogP contribution is 2.19. The van der Waals surface area contributed by atoms with Crippen LogP contribution >= 0.6 is 0 Å². The predicted octanol–water partition coefficient (Wildman–Crippen LogP) is 3.33. The highest BCUT2D eigenvalue weighted by Gasteiger charge is 2.19. The number of fused-ring (bicyclic) bond motifs is 1. The number of benzene rings is 1. The van der Waals surface area contributed by atoms with Crippen LogP contribution in [0.4, 0.5) is 17.6 Å². The standard InChI is InChI=1S/C23H25N7/c1-2-6-20-19(5-1)18(17-27-20)8-11-25-23-26-12-9-22(28-23)30-15-13-29(14-16-30)21-7-3-4-10-24-21/h1-7,9-10,12,17,27H,8,11,13-16H2,(H,25,26,28). The van der Waals surface area contributed by atoms with E-state index in [2.05, 4.69) is 66.6 Å². The molecule has 7 nitrogen and oxygen atoms in total. The molecule has 5 rings (SSSR count). The lowest BCUT2D eigenvalue weighted by Crippen LogP contribution is -2.47. The number of aromatic nitrogens is 4. The molecule has 4 aromatic rings. The molecule has 0 bridgehead atoms. The first-order valence-electron chi connectivity index (χ1n) is 10.4. The zero-order chi connectivity index (χ0) is 20.2. The Morgan fingerprint density at radius 2 is 1.63 bits per heavy atom. The lowest BCUT2D eigenvalue weighted by Gasteiger charge is -2.36. The Morgan fingerprint density at radius 3 is 2.47 bits per heavy atom. The number of rotatable bonds is 6. The summed E-state index contributed by atoms with van der Waals surface area (Å²) >= 11 is 0. The van der Waals surface area contributed by atoms with Gasteiger partial charge < -0.3 is 20.1 Å². The molecule has 152 valence electrons. The molecule has 0 spiro atoms. The van der Waals surface area contributed by atoms with Gasteiger partial charge in [-0.05, 0) is 36.2 Å². The van der Waals surface area contributed by atoms with Gasteiger partial charge in [-0.2, -0.15) is 4.98 Å². The van der Waals surface area contributed by atoms with Crippen molar-refractivity contribution < 1.29 is 0 Å². The van der Waals surface area contributed by atoms with E-state index in [4.69, 9.17) is 4.98 Å². The first-order chi connectivity index (χ1) is 14.9. The number of piperazine rings is 1. The third kappa shape index (κ3) is 3.91. The second-order valence-corrected chi connectivity index (χ2v) is 7.44. The van der Waals surface area contributed by atoms with Crippen molar-refractivity contribution >= 4 is 28.5 Å². The van der Waals surface area contributed by atoms with Gasteiger partial charge in [0, 0.05) is 62.2 Å². The zero-order valence-corrected chi connectivity index (χ0v) is 16.8. The fourth-order valence-corrected chi connectivity index (χ4v) is 3.96. The van der Waals surface area contributed by atoms with Crippen molar-refractivity contribution in [1.29, 1.82) is 0 Å². The van der Waals surface area contributed by atoms with E-state index in [1.807, 2.05) is 30.6 Å². The van der Waals surface area contributed by atoms with Crippen LogP contribution in [0, 0.1) is 0 Å². The molecule has 4 heterocycles. The maximum Gasteiger partial charge on any atom is 0.224 e. The van der Waals surface area contributed by atoms with E-state index in [0.29, 0.717) is 5.95 Å². The average molecular weight is 400 g/mol. The molecule has 30 heavy (non-hydrogen) atoms. The molecule has 1 saturated heterocycles. The number of nitrogens with zero attached hydrogens (tertiary/aromatic N) is 5. The van der Waals surface area contributed by atoms with Crippen molar-refractivity contribution in [2.24, 2.45) is 0 Å². The van der Waals surface area contributed by atoms with Crippen LogP contribution in [0.3, 0.4) is 0 Å². The number of para-hydroxylation sites is 1. The van der Waals surface area contributed by atoms with Crippen LogP contribution in [-0.4, -0.2) is 52.7 Å². The monoisotopic (exact) mass is 399 g/mol. The number of aromatic amines is 1. The normalized spacial score (nSPS) is 14.3. The zero-order valence-electron chi connectivity index (χ0n) is 16.8. The summed E-state index contributed by atoms with van der Waals surface area (Å²) in [5, 5.41) is 4.66. The van der Waals surface area contributed by atoms with Crippen LogP contribution in [-0.2, 0) is 6.42 Å². The quantitative estimate of drug-likeness (QED) is 0.518. The van der Waals surface area contributed by atoms with E-state index < -0.39 is 0 Å². The molecule has 2 N–H and O–H groups in total. The van der Waals surface area contributed by atoms with Crippen LogP contribution in [0.25, 0.3) is 10.9 Å². The summed E-state index contributed by atoms with van der Waals surface area (Å²) in [4.78, 5) is 21.6. The van der Waals surface area contributed by atoms with Gasteiger partial charge in [-0.25, -0.2) is 9.97 Å². The fourth-order valence-electron chi connectivity index (χ4n) is 3.96. The van der Waals surface area contributed by atoms with Crippen LogP contribution in [0.2, 0.25) is 0 Å². The highest BCUT2D eigenvalue weighted by atomic mass is 15.3. The first kappa shape index (κ1) is 18.4. The molecule has 1 aliphatic heterocycles. The summed E-state index contributed by atoms with van der Waals surface area (Å²) < 4.78 is 0. The molecule has 0 radical (unpaired) electrons. The Morgan fingerprint density at radius 1 is 0.833 bits per heavy atom. The molecule has 1 aliphatic rings. The minimum atomic E-state index is 0.680. The van der Waals surface area contributed by atoms with E-state index in [-0.39, 0.29) is 0 Å². The smallest absolute Gasteiger partial charge is 0.224 e. The van der Waals surface area contributed by atoms with Crippen molar-refractivity contribution in [3.05, 3.63) is 72.7 Å². The Labute approximate surface area is 175 Å². The van der Waals surface area contributed by atoms with Gasteiger partial charge in [-0.3, -0.25) is 0 Å². The van der Waals surface area contributed by atoms with Gasteiger partial charge in [-0.15, -0.1) is 0 Å². The third-order valence-corrected chi connectivity index (χ3v) is 5.57. The summed E-state index contributed by atoms with van der Waals surface area (Å²) in [5.41, 5.74) is 2.48. The molecule has 7 heteroatoms. The topological polar surface area (TPSA) is 73.0 Å². The molecule has 1 aromatic carbocycles. The van der Waals surface area contributed by atoms with Gasteiger partial charge in [0.05, 0.1) is 0 Å². The van der Waals surface area contributed by atoms with E-state index in [9.17, 15) is 0 Å². The van der Waals surface area contributed by atoms with Gasteiger partial charge in [0.2, 0.25) is 5.95 Å². The maximum absolute atomic E-state index is 4.74. The van der Waals surface area contributed by atoms with Crippen molar-refractivity contribution in [3.63, 3.8) is 0 Å². The van der Waals surface area contributed by atoms with Crippen molar-refractivity contribution in [2.45, 2.75) is 6.42 Å². The Hall–Kier alpha value is -3.61. The molecule has 1 fully saturated rings. The molecular formula is C23H25N7. The van der Waals surface area contributed by atoms with Gasteiger partial charge >= 0.3 is 0 Å². The van der Waals surface area contributed by atoms with Gasteiger partial charge in [0.15, 0.2) is 0 Å². The Bertz CT molecular complexity index is 1100. The molecule has 0 amide bonds. The van der Waals surface area contributed by atoms with Gasteiger partial charge in [-0.1, -0.05) is 24.3 Å². The molecule has 0 aliphatic carbocycles. The van der Waals surface area contributed by atoms with Gasteiger partial charge in [0.25, 0.3) is 0 Å². The van der Waals surface area contributed by atoms with Gasteiger partial charge in [0.1, 0.15) is 11.6 Å². The van der Waals surface area contributed by atoms with E-state index in [1.54, 1.807) is 0 Å². The predicted molar refractivity (Wildman–Crippen MR) is 121 cm³/mol. The second-order valence-electron chi connectivity index (χ2n) is 7.44. The fraction of sp³-hybridized carbons (Fsp3) is 0.261. The van der Waals surface area contributed by atoms with Crippen molar-refractivity contribution in [1.82, 2.24) is 19.9 Å². The minimum Gasteiger partial charge on any atom is -0.361 e. The van der Waals surface area contributed by atoms with Crippen molar-refractivity contribution in [2.75, 3.05) is 47.8 Å². The minimum absolute atomic E-state index is 0.680. The largest absolute Gasteiger partial charge is 0.361 e. The van der Waals surface area contributed by atoms with E-state index in [1.165, 1.54) is 16.5 Å². The van der Waals surface area contributed by atoms with Crippen LogP contribution < -0.4 is 15.1 Å². The van der Waals surface area contributed by atoms with E-state index >= 15 is 0 Å². The lowest BCUT2D eigenvalue weighted by atomic mass is 10.1. The average Bonchev–Trinajstić information content (AvgIpc) is 3.23. The molecule has 0 saturated carbocycles. The SMILES string of the molecule is c1ccc(N2CCN(c3ccnc(NCCc4c[nH]c5ccccc45)n3)CC2)nc1. The molecule has 3 aromatic heterocycles. The summed E-state index contributed by atoms with van der Waals surface area (Å²) in [6, 6.07) is 16.4. The summed E-state index contributed by atoms with van der Waals surface area (Å²) in [5.74, 6) is 2.69. The number of nitrogens with one attached hydrogen (secondary N) is 2. The maximum atomic E-state index is 4.74. The highest BCUT2D eigenvalue weighted by molar-refractivity contribution is 5.83. The Kier molecular flexibility index (Phi) is 5.16. The first-order valence-corrected chi connectivity index (χ1v) is 10.4. The van der Waals surface area contributed by atoms with Crippen molar-refractivity contribution in [3.8, 4) is 0 Å². The number of hydrogen-bond acceptors (Lipinski definition) is 6. The summed E-state index contributed by atoms with van der Waals surface area (Å²) in [6.45, 7) is 4.50. The molecular weight excluding hydrogens is 374 g/mol. The third-order valence-electron chi connectivity index (χ3n) is 5.57. The van der Waals surface area contributed by atoms with Crippen LogP contribution in [0.15, 0.2) is 67.1 Å². The number of pyridine rings is 1. The lowest BCUT2D eigenvalue weighted by molar-refractivity contribution is 0.641. The molecule has 0 atom stereocenters. The van der Waals surface area contributed by atoms with E-state index in [0.717, 1.165) is 50.8 Å². The summed E-state index contributed by atoms with van der Waals surface area (Å²) in [6.07, 6.45) is 6.69. The number of hydrogen-bond donors (Lipinski definition) is 2. The second kappa shape index (κ2) is 8.41. The Balaban J connectivity index is 1.18.